The van der Waals surface area contributed by atoms with Crippen LogP contribution in [0.1, 0.15) is 34.7 Å². The van der Waals surface area contributed by atoms with Gasteiger partial charge in [-0.3, -0.25) is 0 Å². The normalized spacial score (nSPS) is 12.1. The molecule has 0 saturated carbocycles. The summed E-state index contributed by atoms with van der Waals surface area (Å²) < 4.78 is 5.41. The Morgan fingerprint density at radius 1 is 0.769 bits per heavy atom. The molecule has 26 heavy (non-hydrogen) atoms. The smallest absolute Gasteiger partial charge is 0.122 e. The number of methoxy groups -OCH3 is 1. The Labute approximate surface area is 156 Å². The van der Waals surface area contributed by atoms with Crippen LogP contribution < -0.4 is 0 Å². The number of hydrogen-bond donors (Lipinski definition) is 1. The van der Waals surface area contributed by atoms with Crippen LogP contribution in [0.2, 0.25) is 0 Å². The van der Waals surface area contributed by atoms with Crippen LogP contribution in [0.25, 0.3) is 0 Å². The highest BCUT2D eigenvalue weighted by Crippen LogP contribution is 2.29. The first-order chi connectivity index (χ1) is 12.7. The first-order valence-corrected chi connectivity index (χ1v) is 9.10. The Morgan fingerprint density at radius 3 is 1.88 bits per heavy atom. The van der Waals surface area contributed by atoms with Crippen LogP contribution in [-0.2, 0) is 24.0 Å². The van der Waals surface area contributed by atoms with Gasteiger partial charge in [-0.05, 0) is 41.2 Å². The Kier molecular flexibility index (Phi) is 6.08. The van der Waals surface area contributed by atoms with Crippen molar-refractivity contribution in [3.05, 3.63) is 101 Å². The lowest BCUT2D eigenvalue weighted by Gasteiger charge is -2.16. The van der Waals surface area contributed by atoms with Gasteiger partial charge >= 0.3 is 0 Å². The van der Waals surface area contributed by atoms with E-state index in [1.165, 1.54) is 16.7 Å². The Balaban J connectivity index is 1.95. The summed E-state index contributed by atoms with van der Waals surface area (Å²) in [7, 11) is 1.71. The average Bonchev–Trinajstić information content (AvgIpc) is 2.67. The average molecular weight is 346 g/mol. The molecule has 0 fully saturated rings. The van der Waals surface area contributed by atoms with E-state index in [2.05, 4.69) is 48.5 Å². The summed E-state index contributed by atoms with van der Waals surface area (Å²) in [6, 6.07) is 25.0. The number of hydrogen-bond acceptors (Lipinski definition) is 2. The Morgan fingerprint density at radius 2 is 1.31 bits per heavy atom. The lowest BCUT2D eigenvalue weighted by atomic mass is 9.93. The predicted molar refractivity (Wildman–Crippen MR) is 107 cm³/mol. The van der Waals surface area contributed by atoms with Crippen molar-refractivity contribution >= 4 is 0 Å². The highest BCUT2D eigenvalue weighted by atomic mass is 16.5. The number of phenolic OH excluding ortho intramolecular Hbond substituents is 1. The maximum Gasteiger partial charge on any atom is 0.122 e. The molecule has 2 heteroatoms. The molecule has 0 aliphatic carbocycles. The standard InChI is InChI=1S/C24H26O2/c1-18(26-2)13-22-16-21(14-19-9-5-3-6-10-19)17-23(24(22)25)15-20-11-7-4-8-12-20/h3-12,16-18,25H,13-15H2,1-2H3. The minimum atomic E-state index is 0.0671. The molecule has 0 aromatic heterocycles. The lowest BCUT2D eigenvalue weighted by molar-refractivity contribution is 0.118. The molecule has 0 spiro atoms. The summed E-state index contributed by atoms with van der Waals surface area (Å²) >= 11 is 0. The van der Waals surface area contributed by atoms with Crippen LogP contribution >= 0.6 is 0 Å². The van der Waals surface area contributed by atoms with Crippen LogP contribution in [-0.4, -0.2) is 18.3 Å². The van der Waals surface area contributed by atoms with Crippen molar-refractivity contribution in [2.24, 2.45) is 0 Å². The quantitative estimate of drug-likeness (QED) is 0.641. The molecule has 0 aliphatic heterocycles. The van der Waals surface area contributed by atoms with Crippen molar-refractivity contribution in [1.29, 1.82) is 0 Å². The van der Waals surface area contributed by atoms with E-state index < -0.39 is 0 Å². The molecule has 0 saturated heterocycles. The number of aromatic hydroxyl groups is 1. The maximum absolute atomic E-state index is 10.8. The molecule has 0 bridgehead atoms. The van der Waals surface area contributed by atoms with Gasteiger partial charge in [0.05, 0.1) is 6.10 Å². The zero-order chi connectivity index (χ0) is 18.4. The van der Waals surface area contributed by atoms with E-state index in [1.54, 1.807) is 7.11 Å². The zero-order valence-corrected chi connectivity index (χ0v) is 15.5. The summed E-state index contributed by atoms with van der Waals surface area (Å²) in [5, 5.41) is 10.8. The predicted octanol–water partition coefficient (Wildman–Crippen LogP) is 5.15. The van der Waals surface area contributed by atoms with Crippen molar-refractivity contribution in [3.63, 3.8) is 0 Å². The van der Waals surface area contributed by atoms with Gasteiger partial charge in [-0.2, -0.15) is 0 Å². The minimum absolute atomic E-state index is 0.0671. The van der Waals surface area contributed by atoms with Crippen molar-refractivity contribution in [1.82, 2.24) is 0 Å². The first-order valence-electron chi connectivity index (χ1n) is 9.10. The van der Waals surface area contributed by atoms with Gasteiger partial charge in [-0.1, -0.05) is 72.8 Å². The van der Waals surface area contributed by atoms with Gasteiger partial charge in [-0.15, -0.1) is 0 Å². The van der Waals surface area contributed by atoms with Gasteiger partial charge in [0.2, 0.25) is 0 Å². The third-order valence-electron chi connectivity index (χ3n) is 4.73. The third-order valence-corrected chi connectivity index (χ3v) is 4.73. The molecule has 2 nitrogen and oxygen atoms in total. The van der Waals surface area contributed by atoms with E-state index in [4.69, 9.17) is 4.74 Å². The zero-order valence-electron chi connectivity index (χ0n) is 15.5. The molecule has 134 valence electrons. The van der Waals surface area contributed by atoms with Crippen LogP contribution in [0.3, 0.4) is 0 Å². The van der Waals surface area contributed by atoms with Crippen molar-refractivity contribution in [2.75, 3.05) is 7.11 Å². The minimum Gasteiger partial charge on any atom is -0.507 e. The number of ether oxygens (including phenoxy) is 1. The van der Waals surface area contributed by atoms with Crippen LogP contribution in [0, 0.1) is 0 Å². The van der Waals surface area contributed by atoms with E-state index in [0.717, 1.165) is 24.0 Å². The molecule has 3 aromatic carbocycles. The summed E-state index contributed by atoms with van der Waals surface area (Å²) in [6.45, 7) is 2.03. The second kappa shape index (κ2) is 8.68. The van der Waals surface area contributed by atoms with Gasteiger partial charge in [0.1, 0.15) is 5.75 Å². The molecule has 0 aliphatic rings. The van der Waals surface area contributed by atoms with E-state index in [-0.39, 0.29) is 6.10 Å². The summed E-state index contributed by atoms with van der Waals surface area (Å²) in [5.41, 5.74) is 5.62. The van der Waals surface area contributed by atoms with E-state index in [1.807, 2.05) is 31.2 Å². The molecule has 1 unspecified atom stereocenters. The van der Waals surface area contributed by atoms with Gasteiger partial charge in [0.15, 0.2) is 0 Å². The van der Waals surface area contributed by atoms with Crippen molar-refractivity contribution < 1.29 is 9.84 Å². The largest absolute Gasteiger partial charge is 0.507 e. The Bertz CT molecular complexity index is 826. The van der Waals surface area contributed by atoms with Gasteiger partial charge < -0.3 is 9.84 Å². The van der Waals surface area contributed by atoms with Crippen molar-refractivity contribution in [2.45, 2.75) is 32.3 Å². The van der Waals surface area contributed by atoms with Gasteiger partial charge in [-0.25, -0.2) is 0 Å². The Hall–Kier alpha value is -2.58. The molecular formula is C24H26O2. The number of rotatable bonds is 7. The summed E-state index contributed by atoms with van der Waals surface area (Å²) in [5.74, 6) is 0.398. The highest BCUT2D eigenvalue weighted by molar-refractivity contribution is 5.47. The molecule has 3 rings (SSSR count). The van der Waals surface area contributed by atoms with Crippen molar-refractivity contribution in [3.8, 4) is 5.75 Å². The molecule has 0 radical (unpaired) electrons. The first kappa shape index (κ1) is 18.2. The SMILES string of the molecule is COC(C)Cc1cc(Cc2ccccc2)cc(Cc2ccccc2)c1O. The second-order valence-electron chi connectivity index (χ2n) is 6.84. The lowest BCUT2D eigenvalue weighted by Crippen LogP contribution is -2.10. The highest BCUT2D eigenvalue weighted by Gasteiger charge is 2.14. The molecule has 3 aromatic rings. The van der Waals surface area contributed by atoms with E-state index >= 15 is 0 Å². The van der Waals surface area contributed by atoms with Crippen LogP contribution in [0.4, 0.5) is 0 Å². The second-order valence-corrected chi connectivity index (χ2v) is 6.84. The van der Waals surface area contributed by atoms with Gasteiger partial charge in [0.25, 0.3) is 0 Å². The fourth-order valence-corrected chi connectivity index (χ4v) is 3.26. The third kappa shape index (κ3) is 4.74. The van der Waals surface area contributed by atoms with Crippen LogP contribution in [0.5, 0.6) is 5.75 Å². The van der Waals surface area contributed by atoms with Crippen LogP contribution in [0.15, 0.2) is 72.8 Å². The number of phenols is 1. The van der Waals surface area contributed by atoms with E-state index in [0.29, 0.717) is 12.2 Å². The topological polar surface area (TPSA) is 29.5 Å². The maximum atomic E-state index is 10.8. The summed E-state index contributed by atoms with van der Waals surface area (Å²) in [6.07, 6.45) is 2.35. The molecular weight excluding hydrogens is 320 g/mol. The fourth-order valence-electron chi connectivity index (χ4n) is 3.26. The molecule has 0 amide bonds. The summed E-state index contributed by atoms with van der Waals surface area (Å²) in [4.78, 5) is 0. The molecule has 0 heterocycles. The fraction of sp³-hybridized carbons (Fsp3) is 0.250. The van der Waals surface area contributed by atoms with Gasteiger partial charge in [0, 0.05) is 20.0 Å². The molecule has 1 N–H and O–H groups in total. The number of benzene rings is 3. The molecule has 1 atom stereocenters. The van der Waals surface area contributed by atoms with E-state index in [9.17, 15) is 5.11 Å². The monoisotopic (exact) mass is 346 g/mol.